The zero-order valence-corrected chi connectivity index (χ0v) is 8.99. The topological polar surface area (TPSA) is 57.8 Å². The first kappa shape index (κ1) is 10.2. The van der Waals surface area contributed by atoms with Gasteiger partial charge in [0.2, 0.25) is 5.91 Å². The minimum absolute atomic E-state index is 0.113. The van der Waals surface area contributed by atoms with Crippen LogP contribution in [0, 0.1) is 11.8 Å². The standard InChI is InChI=1S/C11H17N3O/c1-8(9-4-2-3-5-9)11(15)14-10-6-12-13-7-10/h6-9H,2-5H2,1H3,(H,12,13)(H,14,15). The van der Waals surface area contributed by atoms with Gasteiger partial charge in [0.25, 0.3) is 0 Å². The normalized spacial score (nSPS) is 19.0. The predicted molar refractivity (Wildman–Crippen MR) is 58.3 cm³/mol. The molecule has 0 aromatic carbocycles. The molecule has 0 spiro atoms. The van der Waals surface area contributed by atoms with Crippen LogP contribution in [0.3, 0.4) is 0 Å². The van der Waals surface area contributed by atoms with Gasteiger partial charge in [0.1, 0.15) is 0 Å². The molecule has 0 bridgehead atoms. The summed E-state index contributed by atoms with van der Waals surface area (Å²) in [5.74, 6) is 0.794. The van der Waals surface area contributed by atoms with Gasteiger partial charge in [-0.1, -0.05) is 19.8 Å². The van der Waals surface area contributed by atoms with Crippen molar-refractivity contribution in [3.8, 4) is 0 Å². The molecular formula is C11H17N3O. The van der Waals surface area contributed by atoms with Crippen molar-refractivity contribution in [1.82, 2.24) is 10.2 Å². The van der Waals surface area contributed by atoms with Crippen LogP contribution < -0.4 is 5.32 Å². The lowest BCUT2D eigenvalue weighted by Crippen LogP contribution is -2.25. The number of aromatic amines is 1. The molecule has 1 atom stereocenters. The molecule has 1 amide bonds. The maximum absolute atomic E-state index is 11.8. The Morgan fingerprint density at radius 1 is 1.60 bits per heavy atom. The number of carbonyl (C=O) groups is 1. The first-order valence-electron chi connectivity index (χ1n) is 5.57. The second kappa shape index (κ2) is 4.47. The van der Waals surface area contributed by atoms with Crippen LogP contribution in [0.2, 0.25) is 0 Å². The Balaban J connectivity index is 1.89. The first-order valence-corrected chi connectivity index (χ1v) is 5.57. The smallest absolute Gasteiger partial charge is 0.227 e. The van der Waals surface area contributed by atoms with Crippen LogP contribution in [0.25, 0.3) is 0 Å². The van der Waals surface area contributed by atoms with Crippen molar-refractivity contribution in [1.29, 1.82) is 0 Å². The average molecular weight is 207 g/mol. The SMILES string of the molecule is CC(C(=O)Nc1cn[nH]c1)C1CCCC1. The predicted octanol–water partition coefficient (Wildman–Crippen LogP) is 2.17. The summed E-state index contributed by atoms with van der Waals surface area (Å²) in [5.41, 5.74) is 0.754. The summed E-state index contributed by atoms with van der Waals surface area (Å²) >= 11 is 0. The highest BCUT2D eigenvalue weighted by Gasteiger charge is 2.26. The molecule has 4 nitrogen and oxygen atoms in total. The maximum atomic E-state index is 11.8. The second-order valence-electron chi connectivity index (χ2n) is 4.31. The average Bonchev–Trinajstić information content (AvgIpc) is 2.88. The molecule has 1 aromatic heterocycles. The van der Waals surface area contributed by atoms with Crippen molar-refractivity contribution < 1.29 is 4.79 Å². The van der Waals surface area contributed by atoms with Gasteiger partial charge in [-0.25, -0.2) is 0 Å². The Morgan fingerprint density at radius 2 is 2.33 bits per heavy atom. The van der Waals surface area contributed by atoms with Gasteiger partial charge in [0.05, 0.1) is 11.9 Å². The van der Waals surface area contributed by atoms with E-state index in [9.17, 15) is 4.79 Å². The van der Waals surface area contributed by atoms with Crippen LogP contribution in [-0.4, -0.2) is 16.1 Å². The van der Waals surface area contributed by atoms with E-state index in [1.807, 2.05) is 6.92 Å². The molecule has 15 heavy (non-hydrogen) atoms. The van der Waals surface area contributed by atoms with Crippen LogP contribution in [0.4, 0.5) is 5.69 Å². The third-order valence-electron chi connectivity index (χ3n) is 3.29. The number of hydrogen-bond donors (Lipinski definition) is 2. The fourth-order valence-corrected chi connectivity index (χ4v) is 2.25. The van der Waals surface area contributed by atoms with E-state index in [4.69, 9.17) is 0 Å². The van der Waals surface area contributed by atoms with Gasteiger partial charge in [0, 0.05) is 12.1 Å². The highest BCUT2D eigenvalue weighted by molar-refractivity contribution is 5.92. The summed E-state index contributed by atoms with van der Waals surface area (Å²) in [4.78, 5) is 11.8. The Kier molecular flexibility index (Phi) is 3.04. The van der Waals surface area contributed by atoms with E-state index >= 15 is 0 Å². The van der Waals surface area contributed by atoms with E-state index in [2.05, 4.69) is 15.5 Å². The Morgan fingerprint density at radius 3 is 2.93 bits per heavy atom. The third kappa shape index (κ3) is 2.37. The molecule has 0 radical (unpaired) electrons. The molecule has 2 rings (SSSR count). The van der Waals surface area contributed by atoms with Gasteiger partial charge in [-0.3, -0.25) is 9.89 Å². The number of nitrogens with zero attached hydrogens (tertiary/aromatic N) is 1. The quantitative estimate of drug-likeness (QED) is 0.798. The lowest BCUT2D eigenvalue weighted by molar-refractivity contribution is -0.120. The number of amides is 1. The van der Waals surface area contributed by atoms with Crippen LogP contribution in [0.5, 0.6) is 0 Å². The van der Waals surface area contributed by atoms with Crippen molar-refractivity contribution in [3.05, 3.63) is 12.4 Å². The molecule has 1 aromatic rings. The van der Waals surface area contributed by atoms with Gasteiger partial charge in [-0.15, -0.1) is 0 Å². The number of rotatable bonds is 3. The summed E-state index contributed by atoms with van der Waals surface area (Å²) in [6.07, 6.45) is 8.25. The lowest BCUT2D eigenvalue weighted by atomic mass is 9.92. The van der Waals surface area contributed by atoms with Gasteiger partial charge >= 0.3 is 0 Å². The number of aromatic nitrogens is 2. The van der Waals surface area contributed by atoms with Gasteiger partial charge in [0.15, 0.2) is 0 Å². The summed E-state index contributed by atoms with van der Waals surface area (Å²) in [7, 11) is 0. The molecular weight excluding hydrogens is 190 g/mol. The highest BCUT2D eigenvalue weighted by Crippen LogP contribution is 2.31. The minimum atomic E-state index is 0.113. The largest absolute Gasteiger partial charge is 0.323 e. The van der Waals surface area contributed by atoms with E-state index in [1.54, 1.807) is 12.4 Å². The number of hydrogen-bond acceptors (Lipinski definition) is 2. The van der Waals surface area contributed by atoms with Crippen LogP contribution >= 0.6 is 0 Å². The molecule has 1 fully saturated rings. The molecule has 2 N–H and O–H groups in total. The molecule has 1 saturated carbocycles. The number of H-pyrrole nitrogens is 1. The zero-order chi connectivity index (χ0) is 10.7. The molecule has 1 unspecified atom stereocenters. The second-order valence-corrected chi connectivity index (χ2v) is 4.31. The van der Waals surface area contributed by atoms with E-state index in [0.29, 0.717) is 5.92 Å². The molecule has 0 aliphatic heterocycles. The first-order chi connectivity index (χ1) is 7.27. The summed E-state index contributed by atoms with van der Waals surface area (Å²) in [5, 5.41) is 9.34. The van der Waals surface area contributed by atoms with E-state index in [1.165, 1.54) is 25.7 Å². The highest BCUT2D eigenvalue weighted by atomic mass is 16.1. The van der Waals surface area contributed by atoms with Crippen LogP contribution in [-0.2, 0) is 4.79 Å². The van der Waals surface area contributed by atoms with Crippen molar-refractivity contribution in [2.45, 2.75) is 32.6 Å². The van der Waals surface area contributed by atoms with Crippen molar-refractivity contribution in [2.75, 3.05) is 5.32 Å². The van der Waals surface area contributed by atoms with Crippen molar-refractivity contribution in [2.24, 2.45) is 11.8 Å². The summed E-state index contributed by atoms with van der Waals surface area (Å²) in [6, 6.07) is 0. The van der Waals surface area contributed by atoms with Crippen molar-refractivity contribution >= 4 is 11.6 Å². The third-order valence-corrected chi connectivity index (χ3v) is 3.29. The molecule has 0 saturated heterocycles. The summed E-state index contributed by atoms with van der Waals surface area (Å²) < 4.78 is 0. The van der Waals surface area contributed by atoms with Crippen molar-refractivity contribution in [3.63, 3.8) is 0 Å². The van der Waals surface area contributed by atoms with E-state index in [-0.39, 0.29) is 11.8 Å². The van der Waals surface area contributed by atoms with Crippen LogP contribution in [0.1, 0.15) is 32.6 Å². The van der Waals surface area contributed by atoms with E-state index in [0.717, 1.165) is 5.69 Å². The minimum Gasteiger partial charge on any atom is -0.323 e. The van der Waals surface area contributed by atoms with Gasteiger partial charge in [-0.05, 0) is 18.8 Å². The number of nitrogens with one attached hydrogen (secondary N) is 2. The van der Waals surface area contributed by atoms with E-state index < -0.39 is 0 Å². The molecule has 1 aliphatic carbocycles. The number of anilines is 1. The number of carbonyl (C=O) groups excluding carboxylic acids is 1. The Labute approximate surface area is 89.5 Å². The van der Waals surface area contributed by atoms with Crippen LogP contribution in [0.15, 0.2) is 12.4 Å². The zero-order valence-electron chi connectivity index (χ0n) is 8.99. The molecule has 82 valence electrons. The van der Waals surface area contributed by atoms with Gasteiger partial charge in [-0.2, -0.15) is 5.10 Å². The summed E-state index contributed by atoms with van der Waals surface area (Å²) in [6.45, 7) is 2.02. The monoisotopic (exact) mass is 207 g/mol. The van der Waals surface area contributed by atoms with Gasteiger partial charge < -0.3 is 5.32 Å². The molecule has 4 heteroatoms. The molecule has 1 heterocycles. The Bertz CT molecular complexity index is 315. The fourth-order valence-electron chi connectivity index (χ4n) is 2.25. The Hall–Kier alpha value is -1.32. The lowest BCUT2D eigenvalue weighted by Gasteiger charge is -2.17. The maximum Gasteiger partial charge on any atom is 0.227 e. The fraction of sp³-hybridized carbons (Fsp3) is 0.636. The molecule has 1 aliphatic rings.